The zero-order valence-electron chi connectivity index (χ0n) is 13.2. The number of carbonyl (C=O) groups excluding carboxylic acids is 2. The van der Waals surface area contributed by atoms with E-state index in [9.17, 15) is 9.59 Å². The van der Waals surface area contributed by atoms with Gasteiger partial charge in [0.1, 0.15) is 0 Å². The minimum Gasteiger partial charge on any atom is -0.465 e. The Hall–Kier alpha value is -1.84. The fraction of sp³-hybridized carbons (Fsp3) is 0.529. The molecule has 0 N–H and O–H groups in total. The Bertz CT molecular complexity index is 545. The number of nitrogens with zero attached hydrogens (tertiary/aromatic N) is 1. The van der Waals surface area contributed by atoms with Gasteiger partial charge in [0.15, 0.2) is 0 Å². The molecule has 1 fully saturated rings. The third-order valence-electron chi connectivity index (χ3n) is 4.22. The topological polar surface area (TPSA) is 46.6 Å². The van der Waals surface area contributed by atoms with Gasteiger partial charge in [-0.3, -0.25) is 4.79 Å². The first kappa shape index (κ1) is 15.5. The van der Waals surface area contributed by atoms with Crippen molar-refractivity contribution in [3.05, 3.63) is 35.4 Å². The largest absolute Gasteiger partial charge is 0.465 e. The van der Waals surface area contributed by atoms with Crippen molar-refractivity contribution in [2.75, 3.05) is 13.7 Å². The molecule has 0 spiro atoms. The lowest BCUT2D eigenvalue weighted by molar-refractivity contribution is -0.128. The van der Waals surface area contributed by atoms with Gasteiger partial charge in [-0.05, 0) is 23.0 Å². The van der Waals surface area contributed by atoms with Gasteiger partial charge in [-0.25, -0.2) is 4.79 Å². The number of hydrogen-bond donors (Lipinski definition) is 0. The molecule has 0 aliphatic carbocycles. The summed E-state index contributed by atoms with van der Waals surface area (Å²) in [6.07, 6.45) is 0.587. The average Bonchev–Trinajstić information content (AvgIpc) is 2.80. The molecule has 1 aliphatic rings. The normalized spacial score (nSPS) is 19.0. The maximum atomic E-state index is 12.2. The first-order valence-corrected chi connectivity index (χ1v) is 7.27. The summed E-state index contributed by atoms with van der Waals surface area (Å²) in [5.74, 6) is 0.162. The maximum Gasteiger partial charge on any atom is 0.338 e. The molecule has 1 atom stereocenters. The Labute approximate surface area is 126 Å². The van der Waals surface area contributed by atoms with Crippen LogP contribution in [-0.2, 0) is 16.1 Å². The third kappa shape index (κ3) is 3.43. The van der Waals surface area contributed by atoms with Crippen LogP contribution in [0.1, 0.15) is 43.1 Å². The van der Waals surface area contributed by atoms with E-state index >= 15 is 0 Å². The molecule has 4 nitrogen and oxygen atoms in total. The van der Waals surface area contributed by atoms with Crippen LogP contribution in [-0.4, -0.2) is 30.4 Å². The summed E-state index contributed by atoms with van der Waals surface area (Å²) in [6, 6.07) is 7.30. The second-order valence-electron chi connectivity index (χ2n) is 6.69. The molecule has 1 aromatic carbocycles. The van der Waals surface area contributed by atoms with Crippen LogP contribution in [0.3, 0.4) is 0 Å². The number of rotatable bonds is 3. The van der Waals surface area contributed by atoms with Crippen LogP contribution in [0.4, 0.5) is 0 Å². The monoisotopic (exact) mass is 289 g/mol. The smallest absolute Gasteiger partial charge is 0.338 e. The Kier molecular flexibility index (Phi) is 4.35. The fourth-order valence-electron chi connectivity index (χ4n) is 2.68. The molecule has 21 heavy (non-hydrogen) atoms. The Morgan fingerprint density at radius 2 is 2.00 bits per heavy atom. The molecular weight excluding hydrogens is 266 g/mol. The van der Waals surface area contributed by atoms with Crippen molar-refractivity contribution in [2.24, 2.45) is 11.3 Å². The SMILES string of the molecule is COC(=O)c1ccccc1CN1CC(C(C)(C)C)CC1=O. The van der Waals surface area contributed by atoms with Crippen LogP contribution in [0.15, 0.2) is 24.3 Å². The standard InChI is InChI=1S/C17H23NO3/c1-17(2,3)13-9-15(19)18(11-13)10-12-7-5-6-8-14(12)16(20)21-4/h5-8,13H,9-11H2,1-4H3. The van der Waals surface area contributed by atoms with Gasteiger partial charge in [0.25, 0.3) is 0 Å². The molecular formula is C17H23NO3. The number of carbonyl (C=O) groups is 2. The summed E-state index contributed by atoms with van der Waals surface area (Å²) in [7, 11) is 1.37. The summed E-state index contributed by atoms with van der Waals surface area (Å²) < 4.78 is 4.80. The number of likely N-dealkylation sites (tertiary alicyclic amines) is 1. The van der Waals surface area contributed by atoms with Crippen molar-refractivity contribution in [1.82, 2.24) is 4.90 Å². The molecule has 1 unspecified atom stereocenters. The van der Waals surface area contributed by atoms with Gasteiger partial charge in [0.05, 0.1) is 12.7 Å². The third-order valence-corrected chi connectivity index (χ3v) is 4.22. The second kappa shape index (κ2) is 5.88. The van der Waals surface area contributed by atoms with E-state index in [2.05, 4.69) is 20.8 Å². The number of ether oxygens (including phenoxy) is 1. The van der Waals surface area contributed by atoms with Crippen molar-refractivity contribution in [2.45, 2.75) is 33.7 Å². The van der Waals surface area contributed by atoms with Gasteiger partial charge in [-0.2, -0.15) is 0 Å². The lowest BCUT2D eigenvalue weighted by Gasteiger charge is -2.26. The van der Waals surface area contributed by atoms with Crippen LogP contribution < -0.4 is 0 Å². The summed E-state index contributed by atoms with van der Waals surface area (Å²) in [4.78, 5) is 25.8. The van der Waals surface area contributed by atoms with E-state index < -0.39 is 0 Å². The second-order valence-corrected chi connectivity index (χ2v) is 6.69. The van der Waals surface area contributed by atoms with Crippen LogP contribution >= 0.6 is 0 Å². The summed E-state index contributed by atoms with van der Waals surface area (Å²) in [6.45, 7) is 7.71. The zero-order valence-corrected chi connectivity index (χ0v) is 13.2. The van der Waals surface area contributed by atoms with Crippen LogP contribution in [0.5, 0.6) is 0 Å². The molecule has 1 saturated heterocycles. The van der Waals surface area contributed by atoms with E-state index in [1.807, 2.05) is 17.0 Å². The number of methoxy groups -OCH3 is 1. The number of amides is 1. The average molecular weight is 289 g/mol. The molecule has 114 valence electrons. The van der Waals surface area contributed by atoms with E-state index in [0.29, 0.717) is 24.4 Å². The zero-order chi connectivity index (χ0) is 15.6. The maximum absolute atomic E-state index is 12.2. The molecule has 1 heterocycles. The van der Waals surface area contributed by atoms with Gasteiger partial charge in [-0.1, -0.05) is 39.0 Å². The Balaban J connectivity index is 2.16. The molecule has 0 saturated carbocycles. The highest BCUT2D eigenvalue weighted by molar-refractivity contribution is 5.91. The molecule has 1 aliphatic heterocycles. The summed E-state index contributed by atoms with van der Waals surface area (Å²) in [5.41, 5.74) is 1.49. The Morgan fingerprint density at radius 3 is 2.57 bits per heavy atom. The lowest BCUT2D eigenvalue weighted by Crippen LogP contribution is -2.28. The molecule has 4 heteroatoms. The van der Waals surface area contributed by atoms with E-state index in [0.717, 1.165) is 12.1 Å². The van der Waals surface area contributed by atoms with Crippen LogP contribution in [0.2, 0.25) is 0 Å². The molecule has 1 aromatic rings. The van der Waals surface area contributed by atoms with Crippen LogP contribution in [0, 0.1) is 11.3 Å². The highest BCUT2D eigenvalue weighted by Crippen LogP contribution is 2.35. The van der Waals surface area contributed by atoms with Gasteiger partial charge >= 0.3 is 5.97 Å². The molecule has 1 amide bonds. The molecule has 0 bridgehead atoms. The Morgan fingerprint density at radius 1 is 1.33 bits per heavy atom. The fourth-order valence-corrected chi connectivity index (χ4v) is 2.68. The predicted octanol–water partition coefficient (Wildman–Crippen LogP) is 2.87. The molecule has 0 aromatic heterocycles. The number of hydrogen-bond acceptors (Lipinski definition) is 3. The van der Waals surface area contributed by atoms with E-state index in [4.69, 9.17) is 4.74 Å². The van der Waals surface area contributed by atoms with Crippen molar-refractivity contribution >= 4 is 11.9 Å². The van der Waals surface area contributed by atoms with Crippen molar-refractivity contribution in [1.29, 1.82) is 0 Å². The molecule has 0 radical (unpaired) electrons. The minimum atomic E-state index is -0.357. The highest BCUT2D eigenvalue weighted by atomic mass is 16.5. The quantitative estimate of drug-likeness (QED) is 0.804. The van der Waals surface area contributed by atoms with E-state index in [1.165, 1.54) is 7.11 Å². The van der Waals surface area contributed by atoms with Gasteiger partial charge in [-0.15, -0.1) is 0 Å². The highest BCUT2D eigenvalue weighted by Gasteiger charge is 2.36. The van der Waals surface area contributed by atoms with Crippen molar-refractivity contribution < 1.29 is 14.3 Å². The summed E-state index contributed by atoms with van der Waals surface area (Å²) >= 11 is 0. The first-order valence-electron chi connectivity index (χ1n) is 7.27. The number of benzene rings is 1. The van der Waals surface area contributed by atoms with Gasteiger partial charge < -0.3 is 9.64 Å². The first-order chi connectivity index (χ1) is 9.82. The minimum absolute atomic E-state index is 0.117. The number of esters is 1. The van der Waals surface area contributed by atoms with Gasteiger partial charge in [0.2, 0.25) is 5.91 Å². The lowest BCUT2D eigenvalue weighted by atomic mass is 9.80. The van der Waals surface area contributed by atoms with E-state index in [1.54, 1.807) is 12.1 Å². The van der Waals surface area contributed by atoms with Crippen LogP contribution in [0.25, 0.3) is 0 Å². The van der Waals surface area contributed by atoms with E-state index in [-0.39, 0.29) is 17.3 Å². The summed E-state index contributed by atoms with van der Waals surface area (Å²) in [5, 5.41) is 0. The molecule has 2 rings (SSSR count). The predicted molar refractivity (Wildman–Crippen MR) is 80.8 cm³/mol. The van der Waals surface area contributed by atoms with Crippen molar-refractivity contribution in [3.8, 4) is 0 Å². The van der Waals surface area contributed by atoms with Crippen molar-refractivity contribution in [3.63, 3.8) is 0 Å². The van der Waals surface area contributed by atoms with Gasteiger partial charge in [0, 0.05) is 19.5 Å².